The first kappa shape index (κ1) is 12.2. The predicted molar refractivity (Wildman–Crippen MR) is 64.3 cm³/mol. The smallest absolute Gasteiger partial charge is 0.252 e. The molecule has 0 aliphatic heterocycles. The van der Waals surface area contributed by atoms with E-state index in [2.05, 4.69) is 31.1 Å². The molecule has 0 aliphatic carbocycles. The first-order chi connectivity index (χ1) is 8.24. The van der Waals surface area contributed by atoms with Gasteiger partial charge in [0.25, 0.3) is 5.89 Å². The standard InChI is InChI=1S/C11H12BrN3O2/c1-8-13-11(17-15-8)7-16-6-5-9-3-2-4-10(12)14-9/h2-4H,5-7H2,1H3. The van der Waals surface area contributed by atoms with E-state index in [4.69, 9.17) is 9.26 Å². The van der Waals surface area contributed by atoms with Gasteiger partial charge in [0.2, 0.25) is 0 Å². The number of aryl methyl sites for hydroxylation is 1. The Hall–Kier alpha value is -1.27. The number of nitrogens with zero attached hydrogens (tertiary/aromatic N) is 3. The minimum Gasteiger partial charge on any atom is -0.371 e. The van der Waals surface area contributed by atoms with Crippen LogP contribution in [0.25, 0.3) is 0 Å². The number of pyridine rings is 1. The summed E-state index contributed by atoms with van der Waals surface area (Å²) in [5.74, 6) is 1.13. The highest BCUT2D eigenvalue weighted by molar-refractivity contribution is 9.10. The Morgan fingerprint density at radius 1 is 1.35 bits per heavy atom. The summed E-state index contributed by atoms with van der Waals surface area (Å²) in [5, 5.41) is 3.68. The van der Waals surface area contributed by atoms with E-state index in [0.29, 0.717) is 24.9 Å². The van der Waals surface area contributed by atoms with Gasteiger partial charge >= 0.3 is 0 Å². The van der Waals surface area contributed by atoms with Crippen molar-refractivity contribution in [2.45, 2.75) is 20.0 Å². The zero-order valence-corrected chi connectivity index (χ0v) is 11.0. The van der Waals surface area contributed by atoms with Gasteiger partial charge in [-0.2, -0.15) is 4.98 Å². The molecular formula is C11H12BrN3O2. The Bertz CT molecular complexity index is 487. The highest BCUT2D eigenvalue weighted by Crippen LogP contribution is 2.07. The minimum atomic E-state index is 0.342. The number of hydrogen-bond acceptors (Lipinski definition) is 5. The average molecular weight is 298 g/mol. The van der Waals surface area contributed by atoms with Crippen molar-refractivity contribution in [2.75, 3.05) is 6.61 Å². The quantitative estimate of drug-likeness (QED) is 0.626. The molecule has 2 heterocycles. The maximum atomic E-state index is 5.43. The van der Waals surface area contributed by atoms with Crippen LogP contribution in [0.15, 0.2) is 27.3 Å². The van der Waals surface area contributed by atoms with Gasteiger partial charge in [0.1, 0.15) is 11.2 Å². The molecule has 0 amide bonds. The lowest BCUT2D eigenvalue weighted by atomic mass is 10.3. The van der Waals surface area contributed by atoms with Crippen LogP contribution in [0.4, 0.5) is 0 Å². The summed E-state index contributed by atoms with van der Waals surface area (Å²) in [6.45, 7) is 2.69. The lowest BCUT2D eigenvalue weighted by Gasteiger charge is -2.01. The highest BCUT2D eigenvalue weighted by atomic mass is 79.9. The van der Waals surface area contributed by atoms with Gasteiger partial charge in [-0.15, -0.1) is 0 Å². The maximum absolute atomic E-state index is 5.43. The van der Waals surface area contributed by atoms with Crippen molar-refractivity contribution in [3.63, 3.8) is 0 Å². The number of ether oxygens (including phenoxy) is 1. The molecular weight excluding hydrogens is 286 g/mol. The molecule has 0 fully saturated rings. The van der Waals surface area contributed by atoms with Gasteiger partial charge in [-0.1, -0.05) is 11.2 Å². The summed E-state index contributed by atoms with van der Waals surface area (Å²) in [6.07, 6.45) is 0.757. The van der Waals surface area contributed by atoms with Crippen LogP contribution in [0.3, 0.4) is 0 Å². The molecule has 0 unspecified atom stereocenters. The van der Waals surface area contributed by atoms with E-state index < -0.39 is 0 Å². The fourth-order valence-corrected chi connectivity index (χ4v) is 1.70. The van der Waals surface area contributed by atoms with Crippen LogP contribution < -0.4 is 0 Å². The van der Waals surface area contributed by atoms with Crippen molar-refractivity contribution in [1.82, 2.24) is 15.1 Å². The van der Waals surface area contributed by atoms with Gasteiger partial charge in [-0.25, -0.2) is 4.98 Å². The molecule has 90 valence electrons. The van der Waals surface area contributed by atoms with Crippen LogP contribution in [-0.4, -0.2) is 21.7 Å². The van der Waals surface area contributed by atoms with Gasteiger partial charge < -0.3 is 9.26 Å². The Kier molecular flexibility index (Phi) is 4.22. The van der Waals surface area contributed by atoms with Crippen molar-refractivity contribution in [3.8, 4) is 0 Å². The zero-order valence-electron chi connectivity index (χ0n) is 9.39. The van der Waals surface area contributed by atoms with E-state index >= 15 is 0 Å². The molecule has 0 radical (unpaired) electrons. The molecule has 0 saturated carbocycles. The van der Waals surface area contributed by atoms with Gasteiger partial charge in [-0.05, 0) is 35.0 Å². The first-order valence-electron chi connectivity index (χ1n) is 5.22. The topological polar surface area (TPSA) is 61.0 Å². The summed E-state index contributed by atoms with van der Waals surface area (Å²) in [5.41, 5.74) is 0.987. The normalized spacial score (nSPS) is 10.7. The SMILES string of the molecule is Cc1noc(COCCc2cccc(Br)n2)n1. The van der Waals surface area contributed by atoms with E-state index in [1.54, 1.807) is 6.92 Å². The second-order valence-corrected chi connectivity index (χ2v) is 4.30. The van der Waals surface area contributed by atoms with E-state index in [1.807, 2.05) is 18.2 Å². The summed E-state index contributed by atoms with van der Waals surface area (Å²) < 4.78 is 11.2. The lowest BCUT2D eigenvalue weighted by molar-refractivity contribution is 0.0996. The van der Waals surface area contributed by atoms with Gasteiger partial charge in [0, 0.05) is 12.1 Å². The van der Waals surface area contributed by atoms with Crippen molar-refractivity contribution >= 4 is 15.9 Å². The Labute approximate surface area is 107 Å². The molecule has 0 N–H and O–H groups in total. The van der Waals surface area contributed by atoms with Crippen LogP contribution >= 0.6 is 15.9 Å². The molecule has 0 aromatic carbocycles. The van der Waals surface area contributed by atoms with Crippen molar-refractivity contribution in [1.29, 1.82) is 0 Å². The van der Waals surface area contributed by atoms with Crippen molar-refractivity contribution in [3.05, 3.63) is 40.2 Å². The van der Waals surface area contributed by atoms with E-state index in [9.17, 15) is 0 Å². The Balaban J connectivity index is 1.73. The molecule has 0 bridgehead atoms. The van der Waals surface area contributed by atoms with Crippen LogP contribution in [0.1, 0.15) is 17.4 Å². The second kappa shape index (κ2) is 5.88. The third kappa shape index (κ3) is 3.90. The fourth-order valence-electron chi connectivity index (χ4n) is 1.32. The Morgan fingerprint density at radius 2 is 2.24 bits per heavy atom. The van der Waals surface area contributed by atoms with Crippen LogP contribution in [0.2, 0.25) is 0 Å². The molecule has 2 aromatic rings. The second-order valence-electron chi connectivity index (χ2n) is 3.49. The number of rotatable bonds is 5. The van der Waals surface area contributed by atoms with E-state index in [1.165, 1.54) is 0 Å². The van der Waals surface area contributed by atoms with E-state index in [-0.39, 0.29) is 0 Å². The lowest BCUT2D eigenvalue weighted by Crippen LogP contribution is -2.01. The minimum absolute atomic E-state index is 0.342. The third-order valence-corrected chi connectivity index (χ3v) is 2.51. The monoisotopic (exact) mass is 297 g/mol. The van der Waals surface area contributed by atoms with Crippen LogP contribution in [0.5, 0.6) is 0 Å². The molecule has 2 aromatic heterocycles. The van der Waals surface area contributed by atoms with Gasteiger partial charge in [-0.3, -0.25) is 0 Å². The van der Waals surface area contributed by atoms with Gasteiger partial charge in [0.15, 0.2) is 5.82 Å². The molecule has 17 heavy (non-hydrogen) atoms. The largest absolute Gasteiger partial charge is 0.371 e. The number of halogens is 1. The summed E-state index contributed by atoms with van der Waals surface area (Å²) >= 11 is 3.33. The summed E-state index contributed by atoms with van der Waals surface area (Å²) in [4.78, 5) is 8.35. The summed E-state index contributed by atoms with van der Waals surface area (Å²) in [6, 6.07) is 5.81. The molecule has 2 rings (SSSR count). The maximum Gasteiger partial charge on any atom is 0.252 e. The highest BCUT2D eigenvalue weighted by Gasteiger charge is 2.02. The van der Waals surface area contributed by atoms with Crippen molar-refractivity contribution in [2.24, 2.45) is 0 Å². The molecule has 0 saturated heterocycles. The average Bonchev–Trinajstić information content (AvgIpc) is 2.71. The fraction of sp³-hybridized carbons (Fsp3) is 0.364. The first-order valence-corrected chi connectivity index (χ1v) is 6.02. The molecule has 6 heteroatoms. The number of aromatic nitrogens is 3. The van der Waals surface area contributed by atoms with E-state index in [0.717, 1.165) is 16.7 Å². The predicted octanol–water partition coefficient (Wildman–Crippen LogP) is 2.29. The number of hydrogen-bond donors (Lipinski definition) is 0. The molecule has 0 aliphatic rings. The van der Waals surface area contributed by atoms with Crippen LogP contribution in [0, 0.1) is 6.92 Å². The molecule has 0 spiro atoms. The molecule has 5 nitrogen and oxygen atoms in total. The summed E-state index contributed by atoms with van der Waals surface area (Å²) in [7, 11) is 0. The molecule has 0 atom stereocenters. The van der Waals surface area contributed by atoms with Crippen molar-refractivity contribution < 1.29 is 9.26 Å². The zero-order chi connectivity index (χ0) is 12.1. The van der Waals surface area contributed by atoms with Crippen LogP contribution in [-0.2, 0) is 17.8 Å². The third-order valence-electron chi connectivity index (χ3n) is 2.07. The van der Waals surface area contributed by atoms with Gasteiger partial charge in [0.05, 0.1) is 6.61 Å². The Morgan fingerprint density at radius 3 is 2.94 bits per heavy atom.